The highest BCUT2D eigenvalue weighted by Gasteiger charge is 2.60. The normalized spacial score (nSPS) is 57.8. The van der Waals surface area contributed by atoms with E-state index in [9.17, 15) is 40.1 Å². The largest absolute Gasteiger partial charge is 0.473 e. The SMILES string of the molecule is N[C@H]1[C@H](O[C@H]2[C@H](O)[C@@H](O)[C@H](O)[C@@H]3OP(=O)(O)O[C@H]23)O[C@H](CO)[C@@H](O)[C@@H]1O. The lowest BCUT2D eigenvalue weighted by Gasteiger charge is -2.45. The van der Waals surface area contributed by atoms with Gasteiger partial charge in [0.25, 0.3) is 0 Å². The smallest absolute Gasteiger partial charge is 0.394 e. The number of rotatable bonds is 3. The van der Waals surface area contributed by atoms with Crippen molar-refractivity contribution in [3.05, 3.63) is 0 Å². The Kier molecular flexibility index (Phi) is 5.75. The van der Waals surface area contributed by atoms with Crippen LogP contribution in [0, 0.1) is 0 Å². The van der Waals surface area contributed by atoms with Gasteiger partial charge in [-0.15, -0.1) is 0 Å². The van der Waals surface area contributed by atoms with Crippen LogP contribution in [0.15, 0.2) is 0 Å². The first-order chi connectivity index (χ1) is 12.1. The van der Waals surface area contributed by atoms with Gasteiger partial charge in [0.15, 0.2) is 6.29 Å². The number of phosphoric acid groups is 1. The number of fused-ring (bicyclic) bond motifs is 1. The lowest BCUT2D eigenvalue weighted by Crippen LogP contribution is -2.67. The van der Waals surface area contributed by atoms with Crippen LogP contribution in [0.2, 0.25) is 0 Å². The maximum absolute atomic E-state index is 11.7. The number of hydrogen-bond donors (Lipinski definition) is 8. The Morgan fingerprint density at radius 3 is 2.15 bits per heavy atom. The van der Waals surface area contributed by atoms with E-state index in [0.717, 1.165) is 0 Å². The molecule has 0 aromatic carbocycles. The first-order valence-corrected chi connectivity index (χ1v) is 9.34. The first kappa shape index (κ1) is 20.5. The Morgan fingerprint density at radius 2 is 1.54 bits per heavy atom. The molecule has 3 aliphatic rings. The van der Waals surface area contributed by atoms with Crippen LogP contribution in [-0.4, -0.2) is 109 Å². The second-order valence-corrected chi connectivity index (χ2v) is 7.82. The summed E-state index contributed by atoms with van der Waals surface area (Å²) in [5.41, 5.74) is 5.73. The van der Waals surface area contributed by atoms with Gasteiger partial charge in [0, 0.05) is 0 Å². The Morgan fingerprint density at radius 1 is 0.923 bits per heavy atom. The maximum Gasteiger partial charge on any atom is 0.473 e. The van der Waals surface area contributed by atoms with Gasteiger partial charge >= 0.3 is 7.82 Å². The summed E-state index contributed by atoms with van der Waals surface area (Å²) in [6.45, 7) is -0.670. The van der Waals surface area contributed by atoms with Crippen molar-refractivity contribution >= 4 is 7.82 Å². The number of aliphatic hydroxyl groups excluding tert-OH is 6. The third-order valence-electron chi connectivity index (χ3n) is 4.75. The fourth-order valence-electron chi connectivity index (χ4n) is 3.28. The van der Waals surface area contributed by atoms with Crippen molar-refractivity contribution in [2.45, 2.75) is 67.3 Å². The van der Waals surface area contributed by atoms with Crippen molar-refractivity contribution in [3.8, 4) is 0 Å². The van der Waals surface area contributed by atoms with E-state index in [-0.39, 0.29) is 0 Å². The molecule has 12 atom stereocenters. The lowest BCUT2D eigenvalue weighted by atomic mass is 9.84. The van der Waals surface area contributed by atoms with Gasteiger partial charge in [-0.05, 0) is 0 Å². The summed E-state index contributed by atoms with van der Waals surface area (Å²) in [6.07, 6.45) is -15.5. The molecule has 0 radical (unpaired) electrons. The van der Waals surface area contributed by atoms with Crippen LogP contribution in [0.4, 0.5) is 0 Å². The third-order valence-corrected chi connectivity index (χ3v) is 5.77. The third kappa shape index (κ3) is 3.44. The number of aliphatic hydroxyl groups is 6. The summed E-state index contributed by atoms with van der Waals surface area (Å²) < 4.78 is 31.9. The van der Waals surface area contributed by atoms with Crippen molar-refractivity contribution in [1.82, 2.24) is 0 Å². The predicted octanol–water partition coefficient (Wildman–Crippen LogP) is -4.88. The van der Waals surface area contributed by atoms with Crippen LogP contribution in [0.25, 0.3) is 0 Å². The summed E-state index contributed by atoms with van der Waals surface area (Å²) in [7, 11) is -4.55. The molecule has 3 fully saturated rings. The zero-order valence-electron chi connectivity index (χ0n) is 13.3. The molecule has 0 amide bonds. The van der Waals surface area contributed by atoms with Crippen molar-refractivity contribution in [1.29, 1.82) is 0 Å². The summed E-state index contributed by atoms with van der Waals surface area (Å²) in [5, 5.41) is 59.0. The number of nitrogens with two attached hydrogens (primary N) is 1. The minimum absolute atomic E-state index is 0.670. The fourth-order valence-corrected chi connectivity index (χ4v) is 4.43. The van der Waals surface area contributed by atoms with Gasteiger partial charge in [0.1, 0.15) is 54.9 Å². The maximum atomic E-state index is 11.7. The van der Waals surface area contributed by atoms with Gasteiger partial charge in [-0.1, -0.05) is 0 Å². The van der Waals surface area contributed by atoms with Crippen molar-refractivity contribution < 1.29 is 58.6 Å². The molecule has 0 bridgehead atoms. The van der Waals surface area contributed by atoms with Gasteiger partial charge in [-0.25, -0.2) is 4.57 Å². The van der Waals surface area contributed by atoms with Crippen LogP contribution in [0.3, 0.4) is 0 Å². The minimum atomic E-state index is -4.55. The average molecular weight is 403 g/mol. The van der Waals surface area contributed by atoms with Crippen LogP contribution in [0.1, 0.15) is 0 Å². The zero-order chi connectivity index (χ0) is 19.4. The van der Waals surface area contributed by atoms with Crippen LogP contribution in [-0.2, 0) is 23.1 Å². The number of hydrogen-bond acceptors (Lipinski definition) is 12. The van der Waals surface area contributed by atoms with E-state index in [0.29, 0.717) is 0 Å². The standard InChI is InChI=1S/C12H22NO12P/c13-3-5(16)4(15)2(1-14)22-12(3)23-9-7(18)6(17)8(19)10-11(9)25-26(20,21)24-10/h2-12,14-19H,1,13H2,(H,20,21)/t2-,3-,4-,5-,6-,7-,8+,9+,10+,11-,12+/m1/s1. The second-order valence-electron chi connectivity index (χ2n) is 6.47. The lowest BCUT2D eigenvalue weighted by molar-refractivity contribution is -0.308. The molecular formula is C12H22NO12P. The summed E-state index contributed by atoms with van der Waals surface area (Å²) in [5.74, 6) is 0. The molecule has 1 aliphatic carbocycles. The molecule has 26 heavy (non-hydrogen) atoms. The molecule has 0 aromatic rings. The van der Waals surface area contributed by atoms with Crippen molar-refractivity contribution in [2.24, 2.45) is 5.73 Å². The summed E-state index contributed by atoms with van der Waals surface area (Å²) in [6, 6.07) is -1.31. The fraction of sp³-hybridized carbons (Fsp3) is 1.00. The highest BCUT2D eigenvalue weighted by atomic mass is 31.2. The predicted molar refractivity (Wildman–Crippen MR) is 78.2 cm³/mol. The Labute approximate surface area is 147 Å². The monoisotopic (exact) mass is 403 g/mol. The topological polar surface area (TPSA) is 222 Å². The zero-order valence-corrected chi connectivity index (χ0v) is 14.1. The van der Waals surface area contributed by atoms with E-state index < -0.39 is 81.7 Å². The van der Waals surface area contributed by atoms with Gasteiger partial charge < -0.3 is 50.7 Å². The van der Waals surface area contributed by atoms with E-state index in [4.69, 9.17) is 24.3 Å². The molecule has 2 aliphatic heterocycles. The van der Waals surface area contributed by atoms with E-state index in [1.165, 1.54) is 0 Å². The van der Waals surface area contributed by atoms with Crippen molar-refractivity contribution in [2.75, 3.05) is 6.61 Å². The van der Waals surface area contributed by atoms with Gasteiger partial charge in [-0.3, -0.25) is 9.05 Å². The molecule has 152 valence electrons. The first-order valence-electron chi connectivity index (χ1n) is 7.84. The van der Waals surface area contributed by atoms with E-state index in [1.54, 1.807) is 0 Å². The molecule has 1 saturated carbocycles. The van der Waals surface area contributed by atoms with Crippen LogP contribution >= 0.6 is 7.82 Å². The van der Waals surface area contributed by atoms with Crippen LogP contribution in [0.5, 0.6) is 0 Å². The minimum Gasteiger partial charge on any atom is -0.394 e. The molecular weight excluding hydrogens is 381 g/mol. The highest BCUT2D eigenvalue weighted by molar-refractivity contribution is 7.47. The van der Waals surface area contributed by atoms with Crippen LogP contribution < -0.4 is 5.73 Å². The van der Waals surface area contributed by atoms with Crippen molar-refractivity contribution in [3.63, 3.8) is 0 Å². The molecule has 0 aromatic heterocycles. The molecule has 13 nitrogen and oxygen atoms in total. The van der Waals surface area contributed by atoms with E-state index in [2.05, 4.69) is 0 Å². The van der Waals surface area contributed by atoms with Gasteiger partial charge in [-0.2, -0.15) is 0 Å². The molecule has 3 rings (SSSR count). The molecule has 9 N–H and O–H groups in total. The Hall–Kier alpha value is -0.250. The molecule has 2 saturated heterocycles. The molecule has 2 heterocycles. The van der Waals surface area contributed by atoms with E-state index >= 15 is 0 Å². The molecule has 14 heteroatoms. The van der Waals surface area contributed by atoms with Gasteiger partial charge in [0.05, 0.1) is 12.6 Å². The molecule has 0 spiro atoms. The Balaban J connectivity index is 1.81. The van der Waals surface area contributed by atoms with E-state index in [1.807, 2.05) is 0 Å². The summed E-state index contributed by atoms with van der Waals surface area (Å²) in [4.78, 5) is 9.47. The van der Waals surface area contributed by atoms with Gasteiger partial charge in [0.2, 0.25) is 0 Å². The number of ether oxygens (including phenoxy) is 2. The number of phosphoric ester groups is 1. The average Bonchev–Trinajstić information content (AvgIpc) is 2.92. The quantitative estimate of drug-likeness (QED) is 0.207. The Bertz CT molecular complexity index is 564. The second kappa shape index (κ2) is 7.29. The summed E-state index contributed by atoms with van der Waals surface area (Å²) >= 11 is 0. The molecule has 1 unspecified atom stereocenters. The highest BCUT2D eigenvalue weighted by Crippen LogP contribution is 2.56.